The van der Waals surface area contributed by atoms with Crippen LogP contribution in [0.1, 0.15) is 99.8 Å². The Morgan fingerprint density at radius 3 is 2.29 bits per heavy atom. The van der Waals surface area contributed by atoms with Crippen molar-refractivity contribution in [3.8, 4) is 0 Å². The minimum atomic E-state index is -1.70. The van der Waals surface area contributed by atoms with Gasteiger partial charge in [-0.1, -0.05) is 39.3 Å². The van der Waals surface area contributed by atoms with Crippen LogP contribution in [0.4, 0.5) is 0 Å². The largest absolute Gasteiger partial charge is 0.478 e. The van der Waals surface area contributed by atoms with Crippen LogP contribution in [-0.2, 0) is 14.3 Å². The fourth-order valence-corrected chi connectivity index (χ4v) is 9.76. The van der Waals surface area contributed by atoms with Gasteiger partial charge in [0.1, 0.15) is 6.10 Å². The second-order valence-corrected chi connectivity index (χ2v) is 13.8. The molecule has 0 aromatic rings. The smallest absolute Gasteiger partial charge is 0.331 e. The number of carboxylic acid groups (broad SMARTS) is 1. The van der Waals surface area contributed by atoms with Crippen molar-refractivity contribution in [2.24, 2.45) is 39.9 Å². The molecule has 9 atom stereocenters. The number of aliphatic carboxylic acids is 1. The molecule has 38 heavy (non-hydrogen) atoms. The van der Waals surface area contributed by atoms with Gasteiger partial charge in [-0.15, -0.1) is 0 Å². The molecular weight excluding hydrogens is 484 g/mol. The van der Waals surface area contributed by atoms with Crippen LogP contribution in [-0.4, -0.2) is 50.4 Å². The van der Waals surface area contributed by atoms with Crippen molar-refractivity contribution >= 4 is 11.9 Å². The van der Waals surface area contributed by atoms with Gasteiger partial charge in [0.25, 0.3) is 0 Å². The second-order valence-electron chi connectivity index (χ2n) is 13.8. The van der Waals surface area contributed by atoms with Gasteiger partial charge in [0.05, 0.1) is 6.10 Å². The molecule has 0 heterocycles. The first kappa shape index (κ1) is 29.3. The molecule has 0 bridgehead atoms. The number of carboxylic acids is 1. The van der Waals surface area contributed by atoms with Crippen molar-refractivity contribution in [1.82, 2.24) is 0 Å². The monoisotopic (exact) mass is 532 g/mol. The molecule has 214 valence electrons. The molecule has 0 amide bonds. The first-order valence-corrected chi connectivity index (χ1v) is 14.4. The third-order valence-electron chi connectivity index (χ3n) is 11.7. The number of aliphatic hydroxyl groups excluding tert-OH is 1. The van der Waals surface area contributed by atoms with E-state index in [1.54, 1.807) is 0 Å². The molecule has 4 fully saturated rings. The van der Waals surface area contributed by atoms with Gasteiger partial charge in [-0.3, -0.25) is 4.79 Å². The molecular formula is C31H48O7. The molecule has 0 aromatic carbocycles. The van der Waals surface area contributed by atoms with E-state index in [1.807, 2.05) is 26.8 Å². The van der Waals surface area contributed by atoms with Crippen LogP contribution >= 0.6 is 0 Å². The summed E-state index contributed by atoms with van der Waals surface area (Å²) in [7, 11) is 0. The lowest BCUT2D eigenvalue weighted by Gasteiger charge is -2.69. The predicted octanol–water partition coefficient (Wildman–Crippen LogP) is 4.99. The quantitative estimate of drug-likeness (QED) is 0.170. The standard InChI is InChI=1S/C31H48O7/c1-17(2)9-8-10-20(27(34)35)25-22-15-23(33)26-28(5)13-14-31(36,37)18(3)21(28)11-12-29(26,6)30(22,7)16-24(25)38-19(4)32/h9,18,21-24,26,33,36-37H,8,10-16H2,1-7H3,(H,34,35)/t18-,21?,22+,23+,24-,26+,28-,29-,30-/m0/s1. The number of ether oxygens (including phenoxy) is 1. The third kappa shape index (κ3) is 4.37. The number of fused-ring (bicyclic) bond motifs is 5. The average Bonchev–Trinajstić information content (AvgIpc) is 3.05. The number of aliphatic hydroxyl groups is 3. The first-order valence-electron chi connectivity index (χ1n) is 14.4. The van der Waals surface area contributed by atoms with Crippen LogP contribution in [0.15, 0.2) is 22.8 Å². The first-order chi connectivity index (χ1) is 17.5. The molecule has 4 aliphatic rings. The Hall–Kier alpha value is -1.70. The van der Waals surface area contributed by atoms with E-state index in [-0.39, 0.29) is 46.3 Å². The highest BCUT2D eigenvalue weighted by Crippen LogP contribution is 2.74. The lowest BCUT2D eigenvalue weighted by atomic mass is 9.36. The molecule has 0 aliphatic heterocycles. The van der Waals surface area contributed by atoms with Crippen molar-refractivity contribution in [1.29, 1.82) is 0 Å². The summed E-state index contributed by atoms with van der Waals surface area (Å²) >= 11 is 0. The van der Waals surface area contributed by atoms with Gasteiger partial charge in [-0.25, -0.2) is 4.79 Å². The number of carbonyl (C=O) groups is 2. The Labute approximate surface area is 227 Å². The summed E-state index contributed by atoms with van der Waals surface area (Å²) < 4.78 is 5.85. The highest BCUT2D eigenvalue weighted by molar-refractivity contribution is 5.88. The zero-order valence-electron chi connectivity index (χ0n) is 24.2. The lowest BCUT2D eigenvalue weighted by molar-refractivity contribution is -0.291. The maximum atomic E-state index is 12.6. The van der Waals surface area contributed by atoms with E-state index in [0.29, 0.717) is 43.3 Å². The van der Waals surface area contributed by atoms with Crippen LogP contribution in [0.5, 0.6) is 0 Å². The van der Waals surface area contributed by atoms with Gasteiger partial charge in [0, 0.05) is 24.8 Å². The summed E-state index contributed by atoms with van der Waals surface area (Å²) in [5, 5.41) is 43.6. The van der Waals surface area contributed by atoms with Crippen LogP contribution < -0.4 is 0 Å². The Morgan fingerprint density at radius 2 is 1.71 bits per heavy atom. The van der Waals surface area contributed by atoms with E-state index in [4.69, 9.17) is 4.74 Å². The van der Waals surface area contributed by atoms with Crippen molar-refractivity contribution in [3.05, 3.63) is 22.8 Å². The van der Waals surface area contributed by atoms with Gasteiger partial charge in [-0.2, -0.15) is 0 Å². The topological polar surface area (TPSA) is 124 Å². The molecule has 0 saturated heterocycles. The van der Waals surface area contributed by atoms with Crippen molar-refractivity contribution in [3.63, 3.8) is 0 Å². The Balaban J connectivity index is 1.82. The lowest BCUT2D eigenvalue weighted by Crippen LogP contribution is -2.67. The predicted molar refractivity (Wildman–Crippen MR) is 144 cm³/mol. The van der Waals surface area contributed by atoms with E-state index >= 15 is 0 Å². The molecule has 1 unspecified atom stereocenters. The van der Waals surface area contributed by atoms with Crippen LogP contribution in [0, 0.1) is 39.9 Å². The highest BCUT2D eigenvalue weighted by Gasteiger charge is 2.71. The Morgan fingerprint density at radius 1 is 1.05 bits per heavy atom. The van der Waals surface area contributed by atoms with Gasteiger partial charge in [-0.05, 0) is 98.4 Å². The molecule has 0 radical (unpaired) electrons. The molecule has 4 rings (SSSR count). The number of hydrogen-bond donors (Lipinski definition) is 4. The molecule has 7 heteroatoms. The Kier molecular flexibility index (Phi) is 7.51. The molecule has 4 aliphatic carbocycles. The minimum absolute atomic E-state index is 0.0680. The van der Waals surface area contributed by atoms with Crippen molar-refractivity contribution < 1.29 is 34.8 Å². The summed E-state index contributed by atoms with van der Waals surface area (Å²) in [4.78, 5) is 24.8. The molecule has 4 N–H and O–H groups in total. The Bertz CT molecular complexity index is 1040. The summed E-state index contributed by atoms with van der Waals surface area (Å²) in [5.74, 6) is -3.63. The van der Waals surface area contributed by atoms with E-state index in [0.717, 1.165) is 18.4 Å². The summed E-state index contributed by atoms with van der Waals surface area (Å²) in [6.45, 7) is 13.9. The van der Waals surface area contributed by atoms with Crippen LogP contribution in [0.25, 0.3) is 0 Å². The van der Waals surface area contributed by atoms with E-state index < -0.39 is 29.9 Å². The molecule has 4 saturated carbocycles. The van der Waals surface area contributed by atoms with Gasteiger partial charge >= 0.3 is 11.9 Å². The zero-order chi connectivity index (χ0) is 28.4. The maximum absolute atomic E-state index is 12.6. The molecule has 0 spiro atoms. The fraction of sp³-hybridized carbons (Fsp3) is 0.806. The zero-order valence-corrected chi connectivity index (χ0v) is 24.2. The number of esters is 1. The van der Waals surface area contributed by atoms with Crippen molar-refractivity contribution in [2.75, 3.05) is 0 Å². The average molecular weight is 533 g/mol. The van der Waals surface area contributed by atoms with Gasteiger partial charge < -0.3 is 25.2 Å². The van der Waals surface area contributed by atoms with Crippen LogP contribution in [0.2, 0.25) is 0 Å². The molecule has 0 aromatic heterocycles. The highest BCUT2D eigenvalue weighted by atomic mass is 16.5. The number of allylic oxidation sites excluding steroid dienone is 2. The summed E-state index contributed by atoms with van der Waals surface area (Å²) in [6, 6.07) is 0. The van der Waals surface area contributed by atoms with Crippen molar-refractivity contribution in [2.45, 2.75) is 118 Å². The summed E-state index contributed by atoms with van der Waals surface area (Å²) in [6.07, 6.45) is 5.13. The molecule has 7 nitrogen and oxygen atoms in total. The number of hydrogen-bond acceptors (Lipinski definition) is 6. The normalized spacial score (nSPS) is 44.8. The SMILES string of the molecule is CC(=O)O[C@H]1C[C@@]2(C)[C@H](C[C@@H](O)[C@@H]3[C@@]4(C)CCC(O)(O)[C@@H](C)C4CC[C@@]32C)C1=C(CCC=C(C)C)C(=O)O. The van der Waals surface area contributed by atoms with Gasteiger partial charge in [0.15, 0.2) is 5.79 Å². The third-order valence-corrected chi connectivity index (χ3v) is 11.7. The second kappa shape index (κ2) is 9.74. The maximum Gasteiger partial charge on any atom is 0.331 e. The number of carbonyl (C=O) groups excluding carboxylic acids is 1. The minimum Gasteiger partial charge on any atom is -0.478 e. The fourth-order valence-electron chi connectivity index (χ4n) is 9.76. The van der Waals surface area contributed by atoms with E-state index in [9.17, 15) is 30.0 Å². The summed E-state index contributed by atoms with van der Waals surface area (Å²) in [5.41, 5.74) is 1.12. The number of rotatable bonds is 5. The van der Waals surface area contributed by atoms with Crippen LogP contribution in [0.3, 0.4) is 0 Å². The van der Waals surface area contributed by atoms with E-state index in [2.05, 4.69) is 20.8 Å². The van der Waals surface area contributed by atoms with Gasteiger partial charge in [0.2, 0.25) is 0 Å². The van der Waals surface area contributed by atoms with E-state index in [1.165, 1.54) is 6.92 Å².